The fourth-order valence-electron chi connectivity index (χ4n) is 3.21. The Morgan fingerprint density at radius 3 is 2.32 bits per heavy atom. The summed E-state index contributed by atoms with van der Waals surface area (Å²) in [6.07, 6.45) is 1.52. The van der Waals surface area contributed by atoms with Gasteiger partial charge in [-0.25, -0.2) is 5.43 Å². The fourth-order valence-corrected chi connectivity index (χ4v) is 3.21. The molecule has 0 aromatic heterocycles. The van der Waals surface area contributed by atoms with Crippen molar-refractivity contribution in [2.45, 2.75) is 27.7 Å². The highest BCUT2D eigenvalue weighted by atomic mass is 16.5. The Labute approximate surface area is 199 Å². The molecule has 34 heavy (non-hydrogen) atoms. The van der Waals surface area contributed by atoms with Gasteiger partial charge in [0.05, 0.1) is 12.8 Å². The number of carbonyl (C=O) groups excluding carboxylic acids is 2. The van der Waals surface area contributed by atoms with Gasteiger partial charge in [0, 0.05) is 11.3 Å². The molecule has 7 nitrogen and oxygen atoms in total. The standard InChI is InChI=1S/C27H29N3O4/c1-5-33-25-15-21(16-28-30-27(32)22-10-6-18(2)7-11-22)9-13-24(25)34-17-26(31)29-23-12-8-19(3)14-20(23)4/h6-16H,5,17H2,1-4H3,(H,29,31)(H,30,32)/b28-16+. The van der Waals surface area contributed by atoms with Crippen molar-refractivity contribution < 1.29 is 19.1 Å². The molecular weight excluding hydrogens is 430 g/mol. The lowest BCUT2D eigenvalue weighted by Crippen LogP contribution is -2.21. The average Bonchev–Trinajstić information content (AvgIpc) is 2.81. The number of nitrogens with one attached hydrogen (secondary N) is 2. The number of benzene rings is 3. The number of ether oxygens (including phenoxy) is 2. The van der Waals surface area contributed by atoms with Gasteiger partial charge in [-0.15, -0.1) is 0 Å². The van der Waals surface area contributed by atoms with Crippen LogP contribution in [0.4, 0.5) is 5.69 Å². The average molecular weight is 460 g/mol. The number of hydrazone groups is 1. The number of carbonyl (C=O) groups is 2. The van der Waals surface area contributed by atoms with E-state index in [-0.39, 0.29) is 18.4 Å². The lowest BCUT2D eigenvalue weighted by Gasteiger charge is -2.13. The number of anilines is 1. The van der Waals surface area contributed by atoms with E-state index < -0.39 is 0 Å². The van der Waals surface area contributed by atoms with Crippen LogP contribution < -0.4 is 20.2 Å². The Morgan fingerprint density at radius 1 is 0.882 bits per heavy atom. The molecule has 0 saturated carbocycles. The van der Waals surface area contributed by atoms with Crippen LogP contribution >= 0.6 is 0 Å². The molecule has 2 amide bonds. The van der Waals surface area contributed by atoms with Crippen molar-refractivity contribution in [3.8, 4) is 11.5 Å². The first kappa shape index (κ1) is 24.5. The van der Waals surface area contributed by atoms with E-state index in [0.717, 1.165) is 22.4 Å². The molecule has 0 fully saturated rings. The lowest BCUT2D eigenvalue weighted by atomic mass is 10.1. The SMILES string of the molecule is CCOc1cc(/C=N/NC(=O)c2ccc(C)cc2)ccc1OCC(=O)Nc1ccc(C)cc1C. The second kappa shape index (κ2) is 11.7. The first-order chi connectivity index (χ1) is 16.4. The summed E-state index contributed by atoms with van der Waals surface area (Å²) in [6.45, 7) is 8.03. The number of aryl methyl sites for hydroxylation is 3. The summed E-state index contributed by atoms with van der Waals surface area (Å²) in [5.74, 6) is 0.365. The molecule has 0 bridgehead atoms. The minimum absolute atomic E-state index is 0.159. The van der Waals surface area contributed by atoms with Gasteiger partial charge >= 0.3 is 0 Å². The lowest BCUT2D eigenvalue weighted by molar-refractivity contribution is -0.118. The Kier molecular flexibility index (Phi) is 8.40. The molecule has 0 aliphatic rings. The number of rotatable bonds is 9. The molecule has 0 aliphatic heterocycles. The van der Waals surface area contributed by atoms with E-state index in [0.29, 0.717) is 29.2 Å². The van der Waals surface area contributed by atoms with Gasteiger partial charge in [-0.2, -0.15) is 5.10 Å². The number of amides is 2. The van der Waals surface area contributed by atoms with Crippen molar-refractivity contribution >= 4 is 23.7 Å². The molecule has 0 saturated heterocycles. The van der Waals surface area contributed by atoms with Gasteiger partial charge in [0.2, 0.25) is 0 Å². The zero-order valence-electron chi connectivity index (χ0n) is 19.8. The topological polar surface area (TPSA) is 89.0 Å². The van der Waals surface area contributed by atoms with Gasteiger partial charge < -0.3 is 14.8 Å². The van der Waals surface area contributed by atoms with Crippen molar-refractivity contribution in [3.05, 3.63) is 88.5 Å². The first-order valence-electron chi connectivity index (χ1n) is 11.0. The third-order valence-corrected chi connectivity index (χ3v) is 4.98. The van der Waals surface area contributed by atoms with E-state index in [1.165, 1.54) is 6.21 Å². The van der Waals surface area contributed by atoms with Crippen molar-refractivity contribution in [2.24, 2.45) is 5.10 Å². The van der Waals surface area contributed by atoms with Crippen molar-refractivity contribution in [2.75, 3.05) is 18.5 Å². The summed E-state index contributed by atoms with van der Waals surface area (Å²) in [6, 6.07) is 18.3. The van der Waals surface area contributed by atoms with Crippen LogP contribution in [-0.4, -0.2) is 31.2 Å². The third-order valence-electron chi connectivity index (χ3n) is 4.98. The van der Waals surface area contributed by atoms with E-state index in [9.17, 15) is 9.59 Å². The van der Waals surface area contributed by atoms with Gasteiger partial charge in [-0.1, -0.05) is 35.4 Å². The van der Waals surface area contributed by atoms with Crippen LogP contribution in [-0.2, 0) is 4.79 Å². The van der Waals surface area contributed by atoms with Crippen LogP contribution in [0.25, 0.3) is 0 Å². The summed E-state index contributed by atoms with van der Waals surface area (Å²) in [5, 5.41) is 6.88. The molecule has 7 heteroatoms. The first-order valence-corrected chi connectivity index (χ1v) is 11.0. The molecule has 0 atom stereocenters. The van der Waals surface area contributed by atoms with Gasteiger partial charge in [0.1, 0.15) is 0 Å². The largest absolute Gasteiger partial charge is 0.490 e. The van der Waals surface area contributed by atoms with Crippen LogP contribution in [0.1, 0.15) is 39.5 Å². The van der Waals surface area contributed by atoms with E-state index in [1.807, 2.05) is 58.0 Å². The molecule has 2 N–H and O–H groups in total. The third kappa shape index (κ3) is 6.93. The molecule has 0 unspecified atom stereocenters. The van der Waals surface area contributed by atoms with Gasteiger partial charge in [-0.05, 0) is 75.2 Å². The molecule has 3 aromatic carbocycles. The molecule has 3 aromatic rings. The van der Waals surface area contributed by atoms with Crippen LogP contribution in [0.5, 0.6) is 11.5 Å². The maximum atomic E-state index is 12.4. The second-order valence-corrected chi connectivity index (χ2v) is 7.86. The predicted octanol–water partition coefficient (Wildman–Crippen LogP) is 4.79. The van der Waals surface area contributed by atoms with E-state index >= 15 is 0 Å². The molecule has 0 aliphatic carbocycles. The summed E-state index contributed by atoms with van der Waals surface area (Å²) in [7, 11) is 0. The molecule has 3 rings (SSSR count). The molecule has 0 heterocycles. The normalized spacial score (nSPS) is 10.7. The predicted molar refractivity (Wildman–Crippen MR) is 134 cm³/mol. The smallest absolute Gasteiger partial charge is 0.271 e. The van der Waals surface area contributed by atoms with Crippen molar-refractivity contribution in [1.29, 1.82) is 0 Å². The molecule has 0 radical (unpaired) electrons. The Hall–Kier alpha value is -4.13. The fraction of sp³-hybridized carbons (Fsp3) is 0.222. The summed E-state index contributed by atoms with van der Waals surface area (Å²) in [4.78, 5) is 24.5. The molecule has 0 spiro atoms. The summed E-state index contributed by atoms with van der Waals surface area (Å²) >= 11 is 0. The van der Waals surface area contributed by atoms with Crippen molar-refractivity contribution in [3.63, 3.8) is 0 Å². The van der Waals surface area contributed by atoms with Gasteiger partial charge in [-0.3, -0.25) is 9.59 Å². The van der Waals surface area contributed by atoms with Gasteiger partial charge in [0.25, 0.3) is 11.8 Å². The number of hydrogen-bond acceptors (Lipinski definition) is 5. The monoisotopic (exact) mass is 459 g/mol. The Morgan fingerprint density at radius 2 is 1.62 bits per heavy atom. The number of nitrogens with zero attached hydrogens (tertiary/aromatic N) is 1. The van der Waals surface area contributed by atoms with E-state index in [2.05, 4.69) is 15.8 Å². The molecule has 176 valence electrons. The van der Waals surface area contributed by atoms with Crippen LogP contribution in [0.2, 0.25) is 0 Å². The van der Waals surface area contributed by atoms with Crippen molar-refractivity contribution in [1.82, 2.24) is 5.43 Å². The number of hydrogen-bond donors (Lipinski definition) is 2. The summed E-state index contributed by atoms with van der Waals surface area (Å²) in [5.41, 5.74) is 7.70. The van der Waals surface area contributed by atoms with Gasteiger partial charge in [0.15, 0.2) is 18.1 Å². The highest BCUT2D eigenvalue weighted by molar-refractivity contribution is 5.95. The van der Waals surface area contributed by atoms with Crippen LogP contribution in [0, 0.1) is 20.8 Å². The quantitative estimate of drug-likeness (QED) is 0.356. The minimum Gasteiger partial charge on any atom is -0.490 e. The second-order valence-electron chi connectivity index (χ2n) is 7.86. The minimum atomic E-state index is -0.295. The maximum absolute atomic E-state index is 12.4. The Balaban J connectivity index is 1.60. The molecular formula is C27H29N3O4. The zero-order valence-corrected chi connectivity index (χ0v) is 19.8. The van der Waals surface area contributed by atoms with Crippen LogP contribution in [0.3, 0.4) is 0 Å². The highest BCUT2D eigenvalue weighted by Gasteiger charge is 2.10. The summed E-state index contributed by atoms with van der Waals surface area (Å²) < 4.78 is 11.4. The van der Waals surface area contributed by atoms with E-state index in [4.69, 9.17) is 9.47 Å². The zero-order chi connectivity index (χ0) is 24.5. The van der Waals surface area contributed by atoms with E-state index in [1.54, 1.807) is 30.3 Å². The Bertz CT molecular complexity index is 1190. The van der Waals surface area contributed by atoms with Crippen LogP contribution in [0.15, 0.2) is 65.8 Å². The highest BCUT2D eigenvalue weighted by Crippen LogP contribution is 2.28. The maximum Gasteiger partial charge on any atom is 0.271 e.